The van der Waals surface area contributed by atoms with Crippen molar-refractivity contribution in [3.05, 3.63) is 17.7 Å². The Morgan fingerprint density at radius 2 is 1.90 bits per heavy atom. The zero-order chi connectivity index (χ0) is 20.6. The Balaban J connectivity index is 0.00000320. The smallest absolute Gasteiger partial charge is 0.387 e. The van der Waals surface area contributed by atoms with Gasteiger partial charge in [-0.3, -0.25) is 9.79 Å². The Morgan fingerprint density at radius 3 is 2.53 bits per heavy atom. The molecule has 0 unspecified atom stereocenters. The number of nitrogens with one attached hydrogen (secondary N) is 3. The van der Waals surface area contributed by atoms with Crippen LogP contribution in [0.25, 0.3) is 0 Å². The minimum absolute atomic E-state index is 0. The number of amides is 1. The van der Waals surface area contributed by atoms with Gasteiger partial charge in [-0.25, -0.2) is 0 Å². The predicted octanol–water partition coefficient (Wildman–Crippen LogP) is 2.61. The van der Waals surface area contributed by atoms with Crippen LogP contribution in [-0.2, 0) is 11.3 Å². The Bertz CT molecular complexity index is 747. The van der Waals surface area contributed by atoms with E-state index < -0.39 is 6.61 Å². The summed E-state index contributed by atoms with van der Waals surface area (Å²) in [5.41, 5.74) is 0.491. The van der Waals surface area contributed by atoms with Crippen molar-refractivity contribution in [2.75, 3.05) is 26.9 Å². The van der Waals surface area contributed by atoms with Gasteiger partial charge < -0.3 is 30.2 Å². The molecule has 1 aliphatic heterocycles. The molecular weight excluding hydrogens is 513 g/mol. The van der Waals surface area contributed by atoms with Gasteiger partial charge in [0.1, 0.15) is 5.75 Å². The van der Waals surface area contributed by atoms with Gasteiger partial charge in [-0.2, -0.15) is 8.78 Å². The molecule has 2 aliphatic rings. The zero-order valence-corrected chi connectivity index (χ0v) is 19.0. The number of rotatable bonds is 9. The summed E-state index contributed by atoms with van der Waals surface area (Å²) in [4.78, 5) is 15.9. The van der Waals surface area contributed by atoms with Crippen molar-refractivity contribution in [1.82, 2.24) is 16.0 Å². The monoisotopic (exact) mass is 540 g/mol. The van der Waals surface area contributed by atoms with Crippen molar-refractivity contribution < 1.29 is 27.8 Å². The molecule has 1 aromatic rings. The highest BCUT2D eigenvalue weighted by molar-refractivity contribution is 14.0. The van der Waals surface area contributed by atoms with Crippen molar-refractivity contribution in [3.63, 3.8) is 0 Å². The van der Waals surface area contributed by atoms with E-state index in [1.54, 1.807) is 13.1 Å². The third-order valence-corrected chi connectivity index (χ3v) is 4.86. The maximum absolute atomic E-state index is 12.7. The molecule has 1 fully saturated rings. The van der Waals surface area contributed by atoms with Crippen LogP contribution in [0.15, 0.2) is 17.1 Å². The van der Waals surface area contributed by atoms with Crippen LogP contribution in [-0.4, -0.2) is 45.4 Å². The maximum Gasteiger partial charge on any atom is 0.387 e. The number of aliphatic imine (C=N–C) groups is 1. The van der Waals surface area contributed by atoms with Crippen molar-refractivity contribution >= 4 is 35.8 Å². The molecule has 11 heteroatoms. The Kier molecular flexibility index (Phi) is 9.66. The minimum Gasteiger partial charge on any atom is -0.454 e. The van der Waals surface area contributed by atoms with E-state index in [4.69, 9.17) is 9.47 Å². The summed E-state index contributed by atoms with van der Waals surface area (Å²) < 4.78 is 40.5. The van der Waals surface area contributed by atoms with E-state index in [0.717, 1.165) is 25.7 Å². The number of hydrogen-bond donors (Lipinski definition) is 3. The van der Waals surface area contributed by atoms with Gasteiger partial charge in [0.25, 0.3) is 0 Å². The van der Waals surface area contributed by atoms with Crippen LogP contribution in [0.1, 0.15) is 31.2 Å². The third-order valence-electron chi connectivity index (χ3n) is 4.86. The van der Waals surface area contributed by atoms with Gasteiger partial charge in [-0.05, 0) is 25.3 Å². The SMILES string of the molecule is CN=C(NCCCNC(=O)C1CCC1)NCc1cc2c(cc1OC(F)F)OCO2.I. The lowest BCUT2D eigenvalue weighted by molar-refractivity contribution is -0.127. The summed E-state index contributed by atoms with van der Waals surface area (Å²) in [7, 11) is 1.61. The van der Waals surface area contributed by atoms with Gasteiger partial charge in [0.15, 0.2) is 17.5 Å². The first-order valence-electron chi connectivity index (χ1n) is 9.66. The number of carbonyl (C=O) groups is 1. The first-order chi connectivity index (χ1) is 14.1. The van der Waals surface area contributed by atoms with E-state index in [2.05, 4.69) is 25.7 Å². The summed E-state index contributed by atoms with van der Waals surface area (Å²) in [5.74, 6) is 1.70. The molecule has 30 heavy (non-hydrogen) atoms. The Hall–Kier alpha value is -2.05. The summed E-state index contributed by atoms with van der Waals surface area (Å²) in [6, 6.07) is 3.00. The van der Waals surface area contributed by atoms with Gasteiger partial charge in [0.05, 0.1) is 0 Å². The van der Waals surface area contributed by atoms with E-state index in [1.807, 2.05) is 0 Å². The fraction of sp³-hybridized carbons (Fsp3) is 0.579. The molecule has 3 rings (SSSR count). The van der Waals surface area contributed by atoms with Gasteiger partial charge in [0.2, 0.25) is 12.7 Å². The molecule has 168 valence electrons. The zero-order valence-electron chi connectivity index (χ0n) is 16.7. The molecule has 0 bridgehead atoms. The molecule has 0 saturated heterocycles. The third kappa shape index (κ3) is 6.74. The Morgan fingerprint density at radius 1 is 1.20 bits per heavy atom. The van der Waals surface area contributed by atoms with E-state index in [-0.39, 0.29) is 54.9 Å². The van der Waals surface area contributed by atoms with E-state index in [1.165, 1.54) is 6.07 Å². The van der Waals surface area contributed by atoms with Gasteiger partial charge in [0, 0.05) is 44.2 Å². The summed E-state index contributed by atoms with van der Waals surface area (Å²) in [5, 5.41) is 9.11. The van der Waals surface area contributed by atoms with E-state index >= 15 is 0 Å². The first kappa shape index (κ1) is 24.2. The van der Waals surface area contributed by atoms with Crippen LogP contribution in [0.4, 0.5) is 8.78 Å². The standard InChI is InChI=1S/C19H26F2N4O4.HI/c1-22-19(24-7-3-6-23-17(26)12-4-2-5-12)25-10-13-8-15-16(28-11-27-15)9-14(13)29-18(20)21;/h8-9,12,18H,2-7,10-11H2,1H3,(H,23,26)(H2,22,24,25);1H. The molecule has 0 spiro atoms. The highest BCUT2D eigenvalue weighted by Crippen LogP contribution is 2.38. The second-order valence-electron chi connectivity index (χ2n) is 6.82. The lowest BCUT2D eigenvalue weighted by Gasteiger charge is -2.24. The second kappa shape index (κ2) is 12.0. The molecule has 8 nitrogen and oxygen atoms in total. The van der Waals surface area contributed by atoms with Crippen molar-refractivity contribution in [3.8, 4) is 17.2 Å². The molecule has 0 radical (unpaired) electrons. The fourth-order valence-electron chi connectivity index (χ4n) is 3.03. The number of benzene rings is 1. The average Bonchev–Trinajstić information content (AvgIpc) is 3.09. The maximum atomic E-state index is 12.7. The topological polar surface area (TPSA) is 93.2 Å². The quantitative estimate of drug-likeness (QED) is 0.193. The normalized spacial score (nSPS) is 15.3. The van der Waals surface area contributed by atoms with Crippen molar-refractivity contribution in [2.24, 2.45) is 10.9 Å². The second-order valence-corrected chi connectivity index (χ2v) is 6.82. The summed E-state index contributed by atoms with van der Waals surface area (Å²) in [6.45, 7) is -1.50. The largest absolute Gasteiger partial charge is 0.454 e. The van der Waals surface area contributed by atoms with Gasteiger partial charge in [-0.1, -0.05) is 6.42 Å². The average molecular weight is 540 g/mol. The van der Waals surface area contributed by atoms with Crippen LogP contribution in [0.3, 0.4) is 0 Å². The number of halogens is 3. The minimum atomic E-state index is -2.94. The molecule has 1 aromatic carbocycles. The lowest BCUT2D eigenvalue weighted by Crippen LogP contribution is -2.39. The molecule has 1 aliphatic carbocycles. The number of fused-ring (bicyclic) bond motifs is 1. The predicted molar refractivity (Wildman–Crippen MR) is 118 cm³/mol. The number of hydrogen-bond acceptors (Lipinski definition) is 5. The molecular formula is C19H27F2IN4O4. The van der Waals surface area contributed by atoms with Gasteiger partial charge in [-0.15, -0.1) is 24.0 Å². The summed E-state index contributed by atoms with van der Waals surface area (Å²) in [6.07, 6.45) is 3.84. The number of nitrogens with zero attached hydrogens (tertiary/aromatic N) is 1. The molecule has 1 heterocycles. The summed E-state index contributed by atoms with van der Waals surface area (Å²) >= 11 is 0. The van der Waals surface area contributed by atoms with Crippen molar-refractivity contribution in [2.45, 2.75) is 38.8 Å². The van der Waals surface area contributed by atoms with Gasteiger partial charge >= 0.3 is 6.61 Å². The number of carbonyl (C=O) groups excluding carboxylic acids is 1. The highest BCUT2D eigenvalue weighted by atomic mass is 127. The van der Waals surface area contributed by atoms with E-state index in [9.17, 15) is 13.6 Å². The van der Waals surface area contributed by atoms with Crippen LogP contribution in [0.5, 0.6) is 17.2 Å². The lowest BCUT2D eigenvalue weighted by atomic mass is 9.85. The molecule has 0 aromatic heterocycles. The van der Waals surface area contributed by atoms with Crippen molar-refractivity contribution in [1.29, 1.82) is 0 Å². The first-order valence-corrected chi connectivity index (χ1v) is 9.66. The van der Waals surface area contributed by atoms with Crippen LogP contribution < -0.4 is 30.2 Å². The molecule has 0 atom stereocenters. The number of alkyl halides is 2. The van der Waals surface area contributed by atoms with E-state index in [0.29, 0.717) is 36.1 Å². The van der Waals surface area contributed by atoms with Crippen LogP contribution >= 0.6 is 24.0 Å². The Labute approximate surface area is 191 Å². The molecule has 3 N–H and O–H groups in total. The highest BCUT2D eigenvalue weighted by Gasteiger charge is 2.24. The van der Waals surface area contributed by atoms with Crippen LogP contribution in [0.2, 0.25) is 0 Å². The van der Waals surface area contributed by atoms with Crippen LogP contribution in [0, 0.1) is 5.92 Å². The number of ether oxygens (including phenoxy) is 3. The molecule has 1 saturated carbocycles. The number of guanidine groups is 1. The molecule has 1 amide bonds. The fourth-order valence-corrected chi connectivity index (χ4v) is 3.03.